The SMILES string of the molecule is CC(c1ccc(Cl)c(Cl)c1)N(C(=O)CCc1ccc(OCCCCN(C)CCOCCOCC/C(C=NCCOCCOc2ccc(NC=O)cc2)=N/N)cc1)C1CC1. The highest BCUT2D eigenvalue weighted by Crippen LogP contribution is 2.36. The van der Waals surface area contributed by atoms with Gasteiger partial charge in [-0.15, -0.1) is 0 Å². The highest BCUT2D eigenvalue weighted by atomic mass is 35.5. The summed E-state index contributed by atoms with van der Waals surface area (Å²) in [4.78, 5) is 32.4. The van der Waals surface area contributed by atoms with Crippen molar-refractivity contribution in [1.29, 1.82) is 0 Å². The zero-order valence-electron chi connectivity index (χ0n) is 34.4. The van der Waals surface area contributed by atoms with Crippen LogP contribution >= 0.6 is 23.2 Å². The molecule has 0 heterocycles. The van der Waals surface area contributed by atoms with E-state index in [4.69, 9.17) is 52.7 Å². The molecule has 0 saturated heterocycles. The molecule has 1 saturated carbocycles. The summed E-state index contributed by atoms with van der Waals surface area (Å²) in [5.74, 6) is 7.21. The van der Waals surface area contributed by atoms with Crippen LogP contribution in [-0.4, -0.2) is 120 Å². The van der Waals surface area contributed by atoms with Crippen molar-refractivity contribution in [3.05, 3.63) is 87.9 Å². The van der Waals surface area contributed by atoms with Gasteiger partial charge in [0.2, 0.25) is 12.3 Å². The first-order valence-electron chi connectivity index (χ1n) is 20.4. The molecule has 3 aromatic rings. The van der Waals surface area contributed by atoms with Gasteiger partial charge in [0.05, 0.1) is 74.6 Å². The number of benzene rings is 3. The van der Waals surface area contributed by atoms with Crippen molar-refractivity contribution in [3.63, 3.8) is 0 Å². The lowest BCUT2D eigenvalue weighted by Gasteiger charge is -2.30. The Morgan fingerprint density at radius 2 is 1.51 bits per heavy atom. The van der Waals surface area contributed by atoms with E-state index in [-0.39, 0.29) is 11.9 Å². The predicted octanol–water partition coefficient (Wildman–Crippen LogP) is 7.24. The number of amides is 2. The number of ether oxygens (including phenoxy) is 5. The summed E-state index contributed by atoms with van der Waals surface area (Å²) in [7, 11) is 2.09. The highest BCUT2D eigenvalue weighted by molar-refractivity contribution is 6.42. The van der Waals surface area contributed by atoms with Gasteiger partial charge in [-0.25, -0.2) is 0 Å². The van der Waals surface area contributed by atoms with E-state index < -0.39 is 0 Å². The fourth-order valence-electron chi connectivity index (χ4n) is 6.14. The summed E-state index contributed by atoms with van der Waals surface area (Å²) in [5, 5.41) is 7.39. The number of nitrogens with one attached hydrogen (secondary N) is 1. The van der Waals surface area contributed by atoms with E-state index in [9.17, 15) is 9.59 Å². The lowest BCUT2D eigenvalue weighted by atomic mass is 10.0. The predicted molar refractivity (Wildman–Crippen MR) is 235 cm³/mol. The van der Waals surface area contributed by atoms with Gasteiger partial charge >= 0.3 is 0 Å². The standard InChI is InChI=1S/C44H60Cl2N6O7/c1-34(36-8-17-42(45)43(46)31-36)52(39-11-12-39)44(54)18-7-35-5-13-40(14-6-35)58-23-4-3-21-51(2)22-26-57-28-27-55-24-19-38(50-47)32-48-20-25-56-29-30-59-41-15-9-37(10-16-41)49-33-53/h5-6,8-10,13-17,31-34,39H,3-4,7,11-12,18-30,47H2,1-2H3,(H,49,53)/b48-32?,50-38-. The molecule has 1 unspecified atom stereocenters. The Labute approximate surface area is 359 Å². The normalized spacial score (nSPS) is 13.5. The lowest BCUT2D eigenvalue weighted by Crippen LogP contribution is -2.35. The quantitative estimate of drug-likeness (QED) is 0.0225. The second-order valence-electron chi connectivity index (χ2n) is 14.3. The van der Waals surface area contributed by atoms with Crippen LogP contribution in [0.5, 0.6) is 11.5 Å². The van der Waals surface area contributed by atoms with Crippen LogP contribution in [0, 0.1) is 0 Å². The number of anilines is 1. The number of aliphatic imine (C=N–C) groups is 1. The summed E-state index contributed by atoms with van der Waals surface area (Å²) in [5.41, 5.74) is 3.47. The monoisotopic (exact) mass is 854 g/mol. The van der Waals surface area contributed by atoms with Gasteiger partial charge in [0.15, 0.2) is 0 Å². The maximum absolute atomic E-state index is 13.3. The Balaban J connectivity index is 0.943. The van der Waals surface area contributed by atoms with Crippen LogP contribution in [0.2, 0.25) is 10.0 Å². The van der Waals surface area contributed by atoms with Gasteiger partial charge < -0.3 is 44.6 Å². The molecule has 13 nitrogen and oxygen atoms in total. The van der Waals surface area contributed by atoms with Gasteiger partial charge in [-0.2, -0.15) is 5.10 Å². The Bertz CT molecular complexity index is 1730. The molecule has 1 atom stereocenters. The van der Waals surface area contributed by atoms with E-state index in [1.54, 1.807) is 36.5 Å². The third-order valence-electron chi connectivity index (χ3n) is 9.66. The number of rotatable bonds is 31. The minimum absolute atomic E-state index is 0.0562. The molecule has 322 valence electrons. The number of nitrogens with zero attached hydrogens (tertiary/aromatic N) is 4. The lowest BCUT2D eigenvalue weighted by molar-refractivity contribution is -0.134. The summed E-state index contributed by atoms with van der Waals surface area (Å²) in [6.45, 7) is 8.38. The van der Waals surface area contributed by atoms with Gasteiger partial charge in [0.25, 0.3) is 0 Å². The van der Waals surface area contributed by atoms with Crippen LogP contribution in [0.3, 0.4) is 0 Å². The van der Waals surface area contributed by atoms with Crippen molar-refractivity contribution < 1.29 is 33.3 Å². The van der Waals surface area contributed by atoms with Crippen molar-refractivity contribution in [3.8, 4) is 11.5 Å². The molecule has 59 heavy (non-hydrogen) atoms. The van der Waals surface area contributed by atoms with E-state index in [0.29, 0.717) is 118 Å². The second kappa shape index (κ2) is 27.5. The van der Waals surface area contributed by atoms with E-state index in [0.717, 1.165) is 55.6 Å². The Morgan fingerprint density at radius 1 is 0.831 bits per heavy atom. The number of carbonyl (C=O) groups is 2. The van der Waals surface area contributed by atoms with Gasteiger partial charge in [0, 0.05) is 37.3 Å². The van der Waals surface area contributed by atoms with Crippen LogP contribution in [0.15, 0.2) is 76.8 Å². The Morgan fingerprint density at radius 3 is 2.20 bits per heavy atom. The van der Waals surface area contributed by atoms with Crippen molar-refractivity contribution in [2.75, 3.05) is 84.9 Å². The fourth-order valence-corrected chi connectivity index (χ4v) is 6.45. The molecule has 3 aromatic carbocycles. The van der Waals surface area contributed by atoms with Gasteiger partial charge in [0.1, 0.15) is 18.1 Å². The van der Waals surface area contributed by atoms with E-state index in [1.807, 2.05) is 41.3 Å². The van der Waals surface area contributed by atoms with Gasteiger partial charge in [-0.3, -0.25) is 14.6 Å². The van der Waals surface area contributed by atoms with Crippen LogP contribution in [0.1, 0.15) is 62.6 Å². The zero-order valence-corrected chi connectivity index (χ0v) is 35.9. The number of carbonyl (C=O) groups excluding carboxylic acids is 2. The van der Waals surface area contributed by atoms with Crippen LogP contribution in [-0.2, 0) is 30.2 Å². The molecular weight excluding hydrogens is 795 g/mol. The molecule has 1 fully saturated rings. The van der Waals surface area contributed by atoms with E-state index >= 15 is 0 Å². The smallest absolute Gasteiger partial charge is 0.223 e. The van der Waals surface area contributed by atoms with Crippen LogP contribution < -0.4 is 20.6 Å². The van der Waals surface area contributed by atoms with E-state index in [2.05, 4.69) is 34.3 Å². The number of halogens is 2. The summed E-state index contributed by atoms with van der Waals surface area (Å²) in [6, 6.07) is 21.0. The fraction of sp³-hybridized carbons (Fsp3) is 0.500. The van der Waals surface area contributed by atoms with Crippen molar-refractivity contribution in [1.82, 2.24) is 9.80 Å². The molecular formula is C44H60Cl2N6O7. The number of hydrogen-bond acceptors (Lipinski definition) is 11. The van der Waals surface area contributed by atoms with Crippen molar-refractivity contribution >= 4 is 53.1 Å². The minimum atomic E-state index is -0.0562. The van der Waals surface area contributed by atoms with E-state index in [1.165, 1.54) is 0 Å². The van der Waals surface area contributed by atoms with Gasteiger partial charge in [-0.1, -0.05) is 41.4 Å². The zero-order chi connectivity index (χ0) is 42.1. The Hall–Kier alpha value is -4.24. The maximum atomic E-state index is 13.3. The molecule has 15 heteroatoms. The molecule has 0 bridgehead atoms. The number of unbranched alkanes of at least 4 members (excludes halogenated alkanes) is 1. The average Bonchev–Trinajstić information content (AvgIpc) is 4.08. The topological polar surface area (TPSA) is 150 Å². The first-order valence-corrected chi connectivity index (χ1v) is 21.1. The van der Waals surface area contributed by atoms with Gasteiger partial charge in [-0.05, 0) is 112 Å². The number of hydrazone groups is 1. The average molecular weight is 856 g/mol. The number of hydrogen-bond donors (Lipinski definition) is 2. The molecule has 1 aliphatic rings. The molecule has 0 aromatic heterocycles. The number of nitrogens with two attached hydrogens (primary N) is 1. The summed E-state index contributed by atoms with van der Waals surface area (Å²) in [6.07, 6.45) is 8.02. The minimum Gasteiger partial charge on any atom is -0.494 e. The third-order valence-corrected chi connectivity index (χ3v) is 10.4. The summed E-state index contributed by atoms with van der Waals surface area (Å²) < 4.78 is 28.6. The Kier molecular flexibility index (Phi) is 22.1. The molecule has 0 aliphatic heterocycles. The van der Waals surface area contributed by atoms with Crippen molar-refractivity contribution in [2.24, 2.45) is 15.9 Å². The molecule has 0 radical (unpaired) electrons. The summed E-state index contributed by atoms with van der Waals surface area (Å²) >= 11 is 12.4. The van der Waals surface area contributed by atoms with Crippen LogP contribution in [0.4, 0.5) is 5.69 Å². The third kappa shape index (κ3) is 18.7. The maximum Gasteiger partial charge on any atom is 0.223 e. The molecule has 2 amide bonds. The number of likely N-dealkylation sites (N-methyl/N-ethyl adjacent to an activating group) is 1. The molecule has 3 N–H and O–H groups in total. The largest absolute Gasteiger partial charge is 0.494 e. The van der Waals surface area contributed by atoms with Crippen molar-refractivity contribution in [2.45, 2.75) is 64.0 Å². The molecule has 1 aliphatic carbocycles. The highest BCUT2D eigenvalue weighted by Gasteiger charge is 2.36. The van der Waals surface area contributed by atoms with Crippen LogP contribution in [0.25, 0.3) is 0 Å². The first kappa shape index (κ1) is 47.4. The second-order valence-corrected chi connectivity index (χ2v) is 15.1. The first-order chi connectivity index (χ1) is 28.8. The number of aryl methyl sites for hydroxylation is 1. The molecule has 0 spiro atoms. The molecule has 4 rings (SSSR count).